The lowest BCUT2D eigenvalue weighted by atomic mass is 9.99. The zero-order valence-electron chi connectivity index (χ0n) is 10.3. The number of aliphatic hydroxyl groups excluding tert-OH is 1. The third kappa shape index (κ3) is 3.33. The molecule has 0 bridgehead atoms. The number of rotatable bonds is 2. The van der Waals surface area contributed by atoms with Crippen LogP contribution in [0.2, 0.25) is 5.02 Å². The average Bonchev–Trinajstić information content (AvgIpc) is 2.40. The summed E-state index contributed by atoms with van der Waals surface area (Å²) in [6.07, 6.45) is -6.60. The van der Waals surface area contributed by atoms with Crippen molar-refractivity contribution in [2.45, 2.75) is 12.3 Å². The molecule has 21 heavy (non-hydrogen) atoms. The van der Waals surface area contributed by atoms with Gasteiger partial charge in [0.1, 0.15) is 17.7 Å². The second-order valence-corrected chi connectivity index (χ2v) is 4.74. The predicted molar refractivity (Wildman–Crippen MR) is 66.9 cm³/mol. The van der Waals surface area contributed by atoms with Crippen LogP contribution in [0.5, 0.6) is 0 Å². The van der Waals surface area contributed by atoms with Gasteiger partial charge in [0.25, 0.3) is 0 Å². The second kappa shape index (κ2) is 5.61. The standard InChI is InChI=1S/C14H8ClF5O/c15-8-2-4-11(16)9(6-8)13(21)7-1-3-12(17)10(5-7)14(18,19)20/h1-6,13,21H. The van der Waals surface area contributed by atoms with Gasteiger partial charge in [-0.05, 0) is 35.9 Å². The number of hydrogen-bond donors (Lipinski definition) is 1. The van der Waals surface area contributed by atoms with Gasteiger partial charge in [-0.25, -0.2) is 8.78 Å². The fourth-order valence-electron chi connectivity index (χ4n) is 1.83. The maximum atomic E-state index is 13.6. The minimum absolute atomic E-state index is 0.114. The van der Waals surface area contributed by atoms with E-state index < -0.39 is 29.5 Å². The molecule has 1 atom stereocenters. The Morgan fingerprint density at radius 1 is 0.952 bits per heavy atom. The maximum absolute atomic E-state index is 13.6. The number of aliphatic hydroxyl groups is 1. The smallest absolute Gasteiger partial charge is 0.384 e. The topological polar surface area (TPSA) is 20.2 Å². The minimum atomic E-state index is -4.91. The van der Waals surface area contributed by atoms with Gasteiger partial charge in [0.05, 0.1) is 5.56 Å². The first-order chi connectivity index (χ1) is 9.70. The summed E-state index contributed by atoms with van der Waals surface area (Å²) in [5, 5.41) is 10.1. The normalized spacial score (nSPS) is 13.3. The number of benzene rings is 2. The van der Waals surface area contributed by atoms with Crippen LogP contribution in [0, 0.1) is 11.6 Å². The molecule has 0 fully saturated rings. The summed E-state index contributed by atoms with van der Waals surface area (Å²) in [6.45, 7) is 0. The Morgan fingerprint density at radius 2 is 1.57 bits per heavy atom. The molecule has 1 nitrogen and oxygen atoms in total. The van der Waals surface area contributed by atoms with Crippen molar-refractivity contribution in [3.05, 3.63) is 69.7 Å². The van der Waals surface area contributed by atoms with Crippen LogP contribution in [0.1, 0.15) is 22.8 Å². The highest BCUT2D eigenvalue weighted by Gasteiger charge is 2.34. The number of hydrogen-bond acceptors (Lipinski definition) is 1. The third-order valence-corrected chi connectivity index (χ3v) is 3.10. The van der Waals surface area contributed by atoms with E-state index in [-0.39, 0.29) is 16.1 Å². The molecule has 0 saturated carbocycles. The van der Waals surface area contributed by atoms with E-state index in [1.807, 2.05) is 0 Å². The first-order valence-electron chi connectivity index (χ1n) is 5.70. The zero-order chi connectivity index (χ0) is 15.8. The highest BCUT2D eigenvalue weighted by molar-refractivity contribution is 6.30. The molecular weight excluding hydrogens is 315 g/mol. The summed E-state index contributed by atoms with van der Waals surface area (Å²) >= 11 is 5.66. The van der Waals surface area contributed by atoms with Gasteiger partial charge in [-0.15, -0.1) is 0 Å². The maximum Gasteiger partial charge on any atom is 0.419 e. The molecule has 0 aromatic heterocycles. The molecule has 0 radical (unpaired) electrons. The Bertz CT molecular complexity index is 669. The van der Waals surface area contributed by atoms with Crippen LogP contribution in [-0.2, 0) is 6.18 Å². The molecule has 0 aliphatic carbocycles. The lowest BCUT2D eigenvalue weighted by molar-refractivity contribution is -0.140. The predicted octanol–water partition coefficient (Wildman–Crippen LogP) is 4.72. The Kier molecular flexibility index (Phi) is 4.20. The molecule has 7 heteroatoms. The fraction of sp³-hybridized carbons (Fsp3) is 0.143. The van der Waals surface area contributed by atoms with Gasteiger partial charge >= 0.3 is 6.18 Å². The Labute approximate surface area is 121 Å². The Morgan fingerprint density at radius 3 is 2.19 bits per heavy atom. The van der Waals surface area contributed by atoms with Gasteiger partial charge in [0.2, 0.25) is 0 Å². The number of halogens is 6. The fourth-order valence-corrected chi connectivity index (χ4v) is 2.01. The van der Waals surface area contributed by atoms with Gasteiger partial charge in [0.15, 0.2) is 0 Å². The molecule has 112 valence electrons. The van der Waals surface area contributed by atoms with E-state index in [2.05, 4.69) is 0 Å². The van der Waals surface area contributed by atoms with Gasteiger partial charge in [-0.2, -0.15) is 13.2 Å². The molecule has 0 aliphatic rings. The summed E-state index contributed by atoms with van der Waals surface area (Å²) in [6, 6.07) is 5.28. The molecular formula is C14H8ClF5O. The van der Waals surface area contributed by atoms with Crippen molar-refractivity contribution in [2.75, 3.05) is 0 Å². The van der Waals surface area contributed by atoms with E-state index in [4.69, 9.17) is 11.6 Å². The quantitative estimate of drug-likeness (QED) is 0.793. The average molecular weight is 323 g/mol. The molecule has 1 N–H and O–H groups in total. The minimum Gasteiger partial charge on any atom is -0.384 e. The first kappa shape index (κ1) is 15.7. The van der Waals surface area contributed by atoms with Crippen molar-refractivity contribution in [1.82, 2.24) is 0 Å². The van der Waals surface area contributed by atoms with Gasteiger partial charge in [-0.3, -0.25) is 0 Å². The molecule has 1 unspecified atom stereocenters. The molecule has 0 heterocycles. The van der Waals surface area contributed by atoms with Crippen molar-refractivity contribution in [3.63, 3.8) is 0 Å². The highest BCUT2D eigenvalue weighted by Crippen LogP contribution is 2.34. The van der Waals surface area contributed by atoms with Crippen molar-refractivity contribution in [2.24, 2.45) is 0 Å². The largest absolute Gasteiger partial charge is 0.419 e. The van der Waals surface area contributed by atoms with E-state index >= 15 is 0 Å². The van der Waals surface area contributed by atoms with Crippen molar-refractivity contribution in [1.29, 1.82) is 0 Å². The lowest BCUT2D eigenvalue weighted by Crippen LogP contribution is -2.11. The van der Waals surface area contributed by atoms with Crippen molar-refractivity contribution in [3.8, 4) is 0 Å². The summed E-state index contributed by atoms with van der Waals surface area (Å²) < 4.78 is 64.6. The van der Waals surface area contributed by atoms with E-state index in [0.29, 0.717) is 12.1 Å². The van der Waals surface area contributed by atoms with Crippen molar-refractivity contribution >= 4 is 11.6 Å². The Hall–Kier alpha value is -1.66. The zero-order valence-corrected chi connectivity index (χ0v) is 11.0. The third-order valence-electron chi connectivity index (χ3n) is 2.86. The van der Waals surface area contributed by atoms with Crippen LogP contribution in [0.3, 0.4) is 0 Å². The Balaban J connectivity index is 2.49. The van der Waals surface area contributed by atoms with E-state index in [1.54, 1.807) is 0 Å². The molecule has 0 aliphatic heterocycles. The lowest BCUT2D eigenvalue weighted by Gasteiger charge is -2.15. The molecule has 0 saturated heterocycles. The van der Waals surface area contributed by atoms with Crippen LogP contribution in [-0.4, -0.2) is 5.11 Å². The van der Waals surface area contributed by atoms with Gasteiger partial charge in [0, 0.05) is 10.6 Å². The van der Waals surface area contributed by atoms with Crippen LogP contribution in [0.25, 0.3) is 0 Å². The summed E-state index contributed by atoms with van der Waals surface area (Å²) in [5.74, 6) is -2.30. The number of alkyl halides is 3. The molecule has 2 rings (SSSR count). The summed E-state index contributed by atoms with van der Waals surface area (Å²) in [5.41, 5.74) is -2.10. The monoisotopic (exact) mass is 322 g/mol. The van der Waals surface area contributed by atoms with Gasteiger partial charge < -0.3 is 5.11 Å². The van der Waals surface area contributed by atoms with E-state index in [0.717, 1.165) is 18.2 Å². The molecule has 2 aromatic rings. The van der Waals surface area contributed by atoms with Crippen LogP contribution in [0.4, 0.5) is 22.0 Å². The first-order valence-corrected chi connectivity index (χ1v) is 6.07. The van der Waals surface area contributed by atoms with E-state index in [9.17, 15) is 27.1 Å². The summed E-state index contributed by atoms with van der Waals surface area (Å²) in [4.78, 5) is 0. The highest BCUT2D eigenvalue weighted by atomic mass is 35.5. The molecule has 2 aromatic carbocycles. The van der Waals surface area contributed by atoms with Crippen molar-refractivity contribution < 1.29 is 27.1 Å². The SMILES string of the molecule is OC(c1ccc(F)c(C(F)(F)F)c1)c1cc(Cl)ccc1F. The molecule has 0 amide bonds. The van der Waals surface area contributed by atoms with Crippen LogP contribution >= 0.6 is 11.6 Å². The second-order valence-electron chi connectivity index (χ2n) is 4.31. The van der Waals surface area contributed by atoms with Crippen LogP contribution in [0.15, 0.2) is 36.4 Å². The summed E-state index contributed by atoms with van der Waals surface area (Å²) in [7, 11) is 0. The molecule has 0 spiro atoms. The van der Waals surface area contributed by atoms with Crippen LogP contribution < -0.4 is 0 Å². The van der Waals surface area contributed by atoms with Gasteiger partial charge in [-0.1, -0.05) is 17.7 Å². The van der Waals surface area contributed by atoms with E-state index in [1.165, 1.54) is 6.07 Å².